The van der Waals surface area contributed by atoms with Crippen LogP contribution < -0.4 is 0 Å². The van der Waals surface area contributed by atoms with E-state index >= 15 is 0 Å². The molecule has 1 heterocycles. The third-order valence-corrected chi connectivity index (χ3v) is 4.38. The second-order valence-electron chi connectivity index (χ2n) is 5.12. The summed E-state index contributed by atoms with van der Waals surface area (Å²) in [5.74, 6) is -1.90. The quantitative estimate of drug-likeness (QED) is 0.718. The Labute approximate surface area is 160 Å². The van der Waals surface area contributed by atoms with Gasteiger partial charge in [0, 0.05) is 11.1 Å². The molecule has 0 N–H and O–H groups in total. The Morgan fingerprint density at radius 1 is 1.16 bits per heavy atom. The van der Waals surface area contributed by atoms with Crippen LogP contribution in [0.3, 0.4) is 0 Å². The number of rotatable bonds is 4. The number of benzene rings is 1. The van der Waals surface area contributed by atoms with Gasteiger partial charge < -0.3 is 9.47 Å². The maximum absolute atomic E-state index is 12.7. The maximum Gasteiger partial charge on any atom is 0.340 e. The molecule has 1 aromatic carbocycles. The molecular formula is C18H17Cl2NO4. The van der Waals surface area contributed by atoms with E-state index < -0.39 is 19.0 Å². The molecule has 0 saturated heterocycles. The fourth-order valence-corrected chi connectivity index (χ4v) is 2.97. The van der Waals surface area contributed by atoms with Crippen LogP contribution in [0.2, 0.25) is 10.0 Å². The number of nitrogens with zero attached hydrogens (tertiary/aromatic N) is 1. The largest absolute Gasteiger partial charge is 0.465 e. The second-order valence-corrected chi connectivity index (χ2v) is 5.90. The van der Waals surface area contributed by atoms with Gasteiger partial charge in [-0.15, -0.1) is 0 Å². The Bertz CT molecular complexity index is 945. The van der Waals surface area contributed by atoms with Gasteiger partial charge in [0.25, 0.3) is 0 Å². The summed E-state index contributed by atoms with van der Waals surface area (Å²) in [5.41, 5.74) is 0.551. The molecule has 0 amide bonds. The fourth-order valence-electron chi connectivity index (χ4n) is 2.57. The summed E-state index contributed by atoms with van der Waals surface area (Å²) in [7, 11) is -2.98. The van der Waals surface area contributed by atoms with Gasteiger partial charge in [0.05, 0.1) is 50.3 Å². The molecule has 0 aliphatic carbocycles. The van der Waals surface area contributed by atoms with Crippen molar-refractivity contribution in [3.8, 4) is 11.1 Å². The molecule has 2 rings (SSSR count). The van der Waals surface area contributed by atoms with Crippen LogP contribution in [0.1, 0.15) is 43.1 Å². The second kappa shape index (κ2) is 7.85. The Hall–Kier alpha value is -2.11. The Kier molecular flexibility index (Phi) is 4.76. The molecule has 0 aliphatic heterocycles. The van der Waals surface area contributed by atoms with Crippen LogP contribution in [0.25, 0.3) is 11.1 Å². The van der Waals surface area contributed by atoms with E-state index in [1.54, 1.807) is 32.0 Å². The number of aromatic nitrogens is 1. The number of carbonyl (C=O) groups excluding carboxylic acids is 2. The maximum atomic E-state index is 12.7. The Morgan fingerprint density at radius 2 is 1.80 bits per heavy atom. The lowest BCUT2D eigenvalue weighted by molar-refractivity contribution is 0.0526. The Morgan fingerprint density at radius 3 is 2.40 bits per heavy atom. The van der Waals surface area contributed by atoms with Crippen molar-refractivity contribution in [2.24, 2.45) is 0 Å². The molecule has 0 aliphatic rings. The summed E-state index contributed by atoms with van der Waals surface area (Å²) in [5, 5.41) is 0.277. The summed E-state index contributed by atoms with van der Waals surface area (Å²) in [6.45, 7) is 4.79. The van der Waals surface area contributed by atoms with E-state index in [0.29, 0.717) is 0 Å². The first-order valence-corrected chi connectivity index (χ1v) is 8.09. The molecule has 132 valence electrons. The highest BCUT2D eigenvalue weighted by Gasteiger charge is 2.28. The van der Waals surface area contributed by atoms with Gasteiger partial charge in [-0.1, -0.05) is 35.3 Å². The number of halogens is 2. The lowest BCUT2D eigenvalue weighted by Gasteiger charge is -2.18. The number of pyridine rings is 1. The van der Waals surface area contributed by atoms with Crippen molar-refractivity contribution in [1.29, 1.82) is 0 Å². The Balaban J connectivity index is 2.92. The van der Waals surface area contributed by atoms with Gasteiger partial charge in [-0.05, 0) is 26.8 Å². The van der Waals surface area contributed by atoms with E-state index in [-0.39, 0.29) is 50.3 Å². The van der Waals surface area contributed by atoms with E-state index in [0.717, 1.165) is 0 Å². The van der Waals surface area contributed by atoms with Crippen molar-refractivity contribution in [3.63, 3.8) is 0 Å². The molecule has 0 saturated carbocycles. The zero-order chi connectivity index (χ0) is 21.2. The van der Waals surface area contributed by atoms with Crippen molar-refractivity contribution in [2.45, 2.75) is 20.8 Å². The van der Waals surface area contributed by atoms with Gasteiger partial charge >= 0.3 is 11.9 Å². The van der Waals surface area contributed by atoms with Crippen LogP contribution in [-0.4, -0.2) is 30.6 Å². The lowest BCUT2D eigenvalue weighted by Crippen LogP contribution is -2.17. The molecule has 0 spiro atoms. The van der Waals surface area contributed by atoms with Crippen molar-refractivity contribution < 1.29 is 23.2 Å². The minimum absolute atomic E-state index is 0.0193. The number of hydrogen-bond acceptors (Lipinski definition) is 5. The average Bonchev–Trinajstić information content (AvgIpc) is 2.55. The van der Waals surface area contributed by atoms with Crippen LogP contribution >= 0.6 is 23.2 Å². The van der Waals surface area contributed by atoms with Gasteiger partial charge in [0.2, 0.25) is 0 Å². The summed E-state index contributed by atoms with van der Waals surface area (Å²) >= 11 is 12.4. The molecule has 0 atom stereocenters. The van der Waals surface area contributed by atoms with Crippen molar-refractivity contribution >= 4 is 35.1 Å². The molecule has 5 nitrogen and oxygen atoms in total. The standard InChI is InChI=1S/C18H17Cl2NO4/c1-5-25-18(23)14-10(3)21-9(2)13(17(22)24-4)15(14)11-7-6-8-12(19)16(11)20/h6-8H,5H2,1-4H3/i4D3. The smallest absolute Gasteiger partial charge is 0.340 e. The molecule has 0 fully saturated rings. The molecule has 1 aromatic heterocycles. The normalized spacial score (nSPS) is 12.8. The van der Waals surface area contributed by atoms with E-state index in [4.69, 9.17) is 32.1 Å². The summed E-state index contributed by atoms with van der Waals surface area (Å²) in [4.78, 5) is 29.5. The molecule has 25 heavy (non-hydrogen) atoms. The van der Waals surface area contributed by atoms with Crippen molar-refractivity contribution in [2.75, 3.05) is 13.6 Å². The number of aryl methyl sites for hydroxylation is 2. The monoisotopic (exact) mass is 384 g/mol. The zero-order valence-corrected chi connectivity index (χ0v) is 15.3. The van der Waals surface area contributed by atoms with Crippen LogP contribution in [-0.2, 0) is 9.47 Å². The summed E-state index contributed by atoms with van der Waals surface area (Å²) in [6.07, 6.45) is 0. The van der Waals surface area contributed by atoms with Gasteiger partial charge in [-0.25, -0.2) is 9.59 Å². The number of esters is 2. The van der Waals surface area contributed by atoms with Crippen LogP contribution in [0.15, 0.2) is 18.2 Å². The average molecular weight is 385 g/mol. The number of carbonyl (C=O) groups is 2. The first kappa shape index (κ1) is 15.2. The molecule has 7 heteroatoms. The van der Waals surface area contributed by atoms with E-state index in [1.165, 1.54) is 6.92 Å². The number of methoxy groups -OCH3 is 1. The van der Waals surface area contributed by atoms with Crippen molar-refractivity contribution in [3.05, 3.63) is 50.8 Å². The third-order valence-electron chi connectivity index (χ3n) is 3.56. The van der Waals surface area contributed by atoms with Crippen molar-refractivity contribution in [1.82, 2.24) is 4.98 Å². The first-order valence-electron chi connectivity index (χ1n) is 8.84. The predicted molar refractivity (Wildman–Crippen MR) is 96.5 cm³/mol. The lowest BCUT2D eigenvalue weighted by atomic mass is 9.92. The van der Waals surface area contributed by atoms with Gasteiger partial charge in [-0.3, -0.25) is 4.98 Å². The van der Waals surface area contributed by atoms with Crippen LogP contribution in [0, 0.1) is 13.8 Å². The number of hydrogen-bond donors (Lipinski definition) is 0. The van der Waals surface area contributed by atoms with Gasteiger partial charge in [0.15, 0.2) is 0 Å². The zero-order valence-electron chi connectivity index (χ0n) is 16.8. The topological polar surface area (TPSA) is 65.5 Å². The molecular weight excluding hydrogens is 365 g/mol. The molecule has 0 radical (unpaired) electrons. The van der Waals surface area contributed by atoms with E-state index in [9.17, 15) is 9.59 Å². The molecule has 0 bridgehead atoms. The number of ether oxygens (including phenoxy) is 2. The predicted octanol–water partition coefficient (Wildman–Crippen LogP) is 4.64. The van der Waals surface area contributed by atoms with Gasteiger partial charge in [0.1, 0.15) is 0 Å². The van der Waals surface area contributed by atoms with Crippen LogP contribution in [0.4, 0.5) is 0 Å². The van der Waals surface area contributed by atoms with Gasteiger partial charge in [-0.2, -0.15) is 0 Å². The minimum atomic E-state index is -2.98. The minimum Gasteiger partial charge on any atom is -0.465 e. The third kappa shape index (κ3) is 3.62. The SMILES string of the molecule is [2H]C([2H])([2H])OC(=O)c1c(C)nc(C)c(C(=O)OCC)c1-c1cccc(Cl)c1Cl. The van der Waals surface area contributed by atoms with E-state index in [2.05, 4.69) is 9.72 Å². The van der Waals surface area contributed by atoms with E-state index in [1.807, 2.05) is 0 Å². The highest BCUT2D eigenvalue weighted by molar-refractivity contribution is 6.44. The first-order chi connectivity index (χ1) is 13.0. The summed E-state index contributed by atoms with van der Waals surface area (Å²) < 4.78 is 31.3. The molecule has 2 aromatic rings. The summed E-state index contributed by atoms with van der Waals surface area (Å²) in [6, 6.07) is 4.68. The van der Waals surface area contributed by atoms with Crippen LogP contribution in [0.5, 0.6) is 0 Å². The highest BCUT2D eigenvalue weighted by Crippen LogP contribution is 2.39. The molecule has 0 unspecified atom stereocenters. The fraction of sp³-hybridized carbons (Fsp3) is 0.278. The highest BCUT2D eigenvalue weighted by atomic mass is 35.5.